The molecule has 2 heterocycles. The van der Waals surface area contributed by atoms with E-state index in [-0.39, 0.29) is 0 Å². The molecule has 0 spiro atoms. The Hall–Kier alpha value is -1.79. The molecule has 4 rings (SSSR count). The third kappa shape index (κ3) is 6.21. The number of aromatic amines is 1. The first-order valence-corrected chi connectivity index (χ1v) is 13.0. The standard InChI is InChI=1S/C26H35Cl2N5/c1-3-31(4-2)13-15-33(16-14-32-11-6-5-7-12-32)21-10-8-9-20(17-21)26-29-24-18-22(27)23(28)19-25(24)30-26/h8-10,17-19H,3-7,11-16H2,1-2H3,(H,29,30). The molecule has 0 bridgehead atoms. The van der Waals surface area contributed by atoms with Crippen molar-refractivity contribution in [1.82, 2.24) is 19.8 Å². The SMILES string of the molecule is CCN(CC)CCN(CCN1CCCCC1)c1cccc(-c2nc3cc(Cl)c(Cl)cc3[nH]2)c1. The van der Waals surface area contributed by atoms with Gasteiger partial charge in [0.05, 0.1) is 21.1 Å². The summed E-state index contributed by atoms with van der Waals surface area (Å²) in [6.45, 7) is 13.3. The van der Waals surface area contributed by atoms with Crippen molar-refractivity contribution in [2.24, 2.45) is 0 Å². The number of nitrogens with one attached hydrogen (secondary N) is 1. The predicted octanol–water partition coefficient (Wildman–Crippen LogP) is 6.17. The number of piperidine rings is 1. The van der Waals surface area contributed by atoms with Gasteiger partial charge >= 0.3 is 0 Å². The van der Waals surface area contributed by atoms with Gasteiger partial charge in [0.15, 0.2) is 0 Å². The maximum Gasteiger partial charge on any atom is 0.138 e. The van der Waals surface area contributed by atoms with Gasteiger partial charge in [-0.2, -0.15) is 0 Å². The molecule has 5 nitrogen and oxygen atoms in total. The van der Waals surface area contributed by atoms with E-state index in [1.807, 2.05) is 12.1 Å². The fraction of sp³-hybridized carbons (Fsp3) is 0.500. The van der Waals surface area contributed by atoms with Crippen molar-refractivity contribution in [2.75, 3.05) is 57.3 Å². The zero-order chi connectivity index (χ0) is 23.2. The van der Waals surface area contributed by atoms with Gasteiger partial charge in [0.25, 0.3) is 0 Å². The summed E-state index contributed by atoms with van der Waals surface area (Å²) in [5.41, 5.74) is 4.04. The second-order valence-corrected chi connectivity index (χ2v) is 9.65. The van der Waals surface area contributed by atoms with Crippen molar-refractivity contribution in [3.8, 4) is 11.4 Å². The molecule has 7 heteroatoms. The number of hydrogen-bond acceptors (Lipinski definition) is 4. The highest BCUT2D eigenvalue weighted by molar-refractivity contribution is 6.42. The number of hydrogen-bond donors (Lipinski definition) is 1. The largest absolute Gasteiger partial charge is 0.369 e. The van der Waals surface area contributed by atoms with Crippen LogP contribution < -0.4 is 4.90 Å². The first kappa shape index (κ1) is 24.3. The Morgan fingerprint density at radius 3 is 2.45 bits per heavy atom. The van der Waals surface area contributed by atoms with Crippen LogP contribution >= 0.6 is 23.2 Å². The zero-order valence-corrected chi connectivity index (χ0v) is 21.3. The summed E-state index contributed by atoms with van der Waals surface area (Å²) in [6.07, 6.45) is 4.03. The van der Waals surface area contributed by atoms with Crippen LogP contribution in [0.4, 0.5) is 5.69 Å². The minimum absolute atomic E-state index is 0.524. The molecule has 2 aromatic carbocycles. The van der Waals surface area contributed by atoms with Gasteiger partial charge in [-0.25, -0.2) is 4.98 Å². The highest BCUT2D eigenvalue weighted by Crippen LogP contribution is 2.30. The molecule has 0 unspecified atom stereocenters. The number of likely N-dealkylation sites (tertiary alicyclic amines) is 1. The van der Waals surface area contributed by atoms with Crippen molar-refractivity contribution in [3.63, 3.8) is 0 Å². The monoisotopic (exact) mass is 487 g/mol. The molecule has 1 aliphatic heterocycles. The van der Waals surface area contributed by atoms with Crippen LogP contribution in [0.3, 0.4) is 0 Å². The van der Waals surface area contributed by atoms with Crippen LogP contribution in [0, 0.1) is 0 Å². The molecule has 0 aliphatic carbocycles. The van der Waals surface area contributed by atoms with Crippen LogP contribution in [0.2, 0.25) is 10.0 Å². The fourth-order valence-electron chi connectivity index (χ4n) is 4.61. The molecule has 1 saturated heterocycles. The van der Waals surface area contributed by atoms with Gasteiger partial charge in [0, 0.05) is 37.4 Å². The third-order valence-corrected chi connectivity index (χ3v) is 7.45. The normalized spacial score (nSPS) is 14.9. The van der Waals surface area contributed by atoms with Crippen molar-refractivity contribution >= 4 is 39.9 Å². The highest BCUT2D eigenvalue weighted by atomic mass is 35.5. The Bertz CT molecular complexity index is 1000. The molecule has 0 saturated carbocycles. The van der Waals surface area contributed by atoms with E-state index < -0.39 is 0 Å². The molecule has 1 aromatic heterocycles. The molecular weight excluding hydrogens is 453 g/mol. The summed E-state index contributed by atoms with van der Waals surface area (Å²) < 4.78 is 0. The molecule has 0 amide bonds. The first-order chi connectivity index (χ1) is 16.1. The summed E-state index contributed by atoms with van der Waals surface area (Å²) in [5.74, 6) is 0.838. The lowest BCUT2D eigenvalue weighted by molar-refractivity contribution is 0.231. The number of H-pyrrole nitrogens is 1. The van der Waals surface area contributed by atoms with Gasteiger partial charge in [-0.1, -0.05) is 55.6 Å². The maximum atomic E-state index is 6.20. The molecule has 1 N–H and O–H groups in total. The van der Waals surface area contributed by atoms with Crippen molar-refractivity contribution < 1.29 is 0 Å². The number of anilines is 1. The van der Waals surface area contributed by atoms with Gasteiger partial charge < -0.3 is 19.7 Å². The van der Waals surface area contributed by atoms with E-state index in [4.69, 9.17) is 28.2 Å². The van der Waals surface area contributed by atoms with Crippen LogP contribution in [0.15, 0.2) is 36.4 Å². The van der Waals surface area contributed by atoms with Gasteiger partial charge in [0.1, 0.15) is 5.82 Å². The van der Waals surface area contributed by atoms with Gasteiger partial charge in [-0.05, 0) is 63.3 Å². The molecule has 178 valence electrons. The summed E-state index contributed by atoms with van der Waals surface area (Å²) in [7, 11) is 0. The molecule has 1 aliphatic rings. The number of aromatic nitrogens is 2. The lowest BCUT2D eigenvalue weighted by Gasteiger charge is -2.32. The molecule has 3 aromatic rings. The van der Waals surface area contributed by atoms with E-state index >= 15 is 0 Å². The van der Waals surface area contributed by atoms with E-state index in [1.54, 1.807) is 0 Å². The average molecular weight is 489 g/mol. The smallest absolute Gasteiger partial charge is 0.138 e. The molecule has 0 radical (unpaired) electrons. The van der Waals surface area contributed by atoms with Crippen molar-refractivity contribution in [3.05, 3.63) is 46.4 Å². The highest BCUT2D eigenvalue weighted by Gasteiger charge is 2.15. The number of rotatable bonds is 10. The first-order valence-electron chi connectivity index (χ1n) is 12.2. The van der Waals surface area contributed by atoms with Gasteiger partial charge in [0.2, 0.25) is 0 Å². The summed E-state index contributed by atoms with van der Waals surface area (Å²) in [4.78, 5) is 15.8. The lowest BCUT2D eigenvalue weighted by atomic mass is 10.1. The molecule has 0 atom stereocenters. The number of imidazole rings is 1. The van der Waals surface area contributed by atoms with E-state index in [0.717, 1.165) is 61.7 Å². The Labute approximate surface area is 207 Å². The zero-order valence-electron chi connectivity index (χ0n) is 19.8. The average Bonchev–Trinajstić information content (AvgIpc) is 3.25. The Balaban J connectivity index is 1.56. The number of fused-ring (bicyclic) bond motifs is 1. The van der Waals surface area contributed by atoms with E-state index in [0.29, 0.717) is 10.0 Å². The summed E-state index contributed by atoms with van der Waals surface area (Å²) >= 11 is 12.4. The fourth-order valence-corrected chi connectivity index (χ4v) is 4.93. The quantitative estimate of drug-likeness (QED) is 0.370. The van der Waals surface area contributed by atoms with E-state index in [1.165, 1.54) is 38.0 Å². The van der Waals surface area contributed by atoms with Crippen LogP contribution in [0.1, 0.15) is 33.1 Å². The van der Waals surface area contributed by atoms with Crippen LogP contribution in [-0.2, 0) is 0 Å². The molecule has 33 heavy (non-hydrogen) atoms. The summed E-state index contributed by atoms with van der Waals surface area (Å²) in [5, 5.41) is 1.06. The second kappa shape index (κ2) is 11.6. The van der Waals surface area contributed by atoms with Crippen molar-refractivity contribution in [2.45, 2.75) is 33.1 Å². The molecular formula is C26H35Cl2N5. The second-order valence-electron chi connectivity index (χ2n) is 8.84. The lowest BCUT2D eigenvalue weighted by Crippen LogP contribution is -2.41. The van der Waals surface area contributed by atoms with Crippen LogP contribution in [0.25, 0.3) is 22.4 Å². The number of halogens is 2. The van der Waals surface area contributed by atoms with E-state index in [9.17, 15) is 0 Å². The third-order valence-electron chi connectivity index (χ3n) is 6.72. The van der Waals surface area contributed by atoms with Crippen LogP contribution in [-0.4, -0.2) is 72.1 Å². The Kier molecular flexibility index (Phi) is 8.53. The maximum absolute atomic E-state index is 6.20. The summed E-state index contributed by atoms with van der Waals surface area (Å²) in [6, 6.07) is 12.4. The molecule has 1 fully saturated rings. The minimum Gasteiger partial charge on any atom is -0.369 e. The Morgan fingerprint density at radius 1 is 0.939 bits per heavy atom. The Morgan fingerprint density at radius 2 is 1.70 bits per heavy atom. The van der Waals surface area contributed by atoms with E-state index in [2.05, 4.69) is 57.8 Å². The number of benzene rings is 2. The van der Waals surface area contributed by atoms with Gasteiger partial charge in [-0.15, -0.1) is 0 Å². The number of likely N-dealkylation sites (N-methyl/N-ethyl adjacent to an activating group) is 1. The van der Waals surface area contributed by atoms with Crippen molar-refractivity contribution in [1.29, 1.82) is 0 Å². The number of nitrogens with zero attached hydrogens (tertiary/aromatic N) is 4. The van der Waals surface area contributed by atoms with Gasteiger partial charge in [-0.3, -0.25) is 0 Å². The predicted molar refractivity (Wildman–Crippen MR) is 142 cm³/mol. The topological polar surface area (TPSA) is 38.4 Å². The van der Waals surface area contributed by atoms with Crippen LogP contribution in [0.5, 0.6) is 0 Å². The minimum atomic E-state index is 0.524.